The topological polar surface area (TPSA) is 32.3 Å². The molecule has 84 valence electrons. The lowest BCUT2D eigenvalue weighted by atomic mass is 9.87. The van der Waals surface area contributed by atoms with Gasteiger partial charge in [0, 0.05) is 12.6 Å². The molecule has 1 aromatic rings. The molecule has 3 nitrogen and oxygen atoms in total. The van der Waals surface area contributed by atoms with E-state index < -0.39 is 0 Å². The molecule has 3 rings (SSSR count). The maximum atomic E-state index is 12.0. The van der Waals surface area contributed by atoms with Gasteiger partial charge >= 0.3 is 0 Å². The second kappa shape index (κ2) is 3.91. The lowest BCUT2D eigenvalue weighted by Gasteiger charge is -2.30. The summed E-state index contributed by atoms with van der Waals surface area (Å²) in [6, 6.07) is 10.5. The van der Waals surface area contributed by atoms with Crippen LogP contribution in [0.4, 0.5) is 0 Å². The van der Waals surface area contributed by atoms with Gasteiger partial charge in [0.15, 0.2) is 0 Å². The van der Waals surface area contributed by atoms with Gasteiger partial charge in [-0.05, 0) is 18.4 Å². The molecule has 3 heteroatoms. The van der Waals surface area contributed by atoms with Crippen molar-refractivity contribution < 1.29 is 4.79 Å². The summed E-state index contributed by atoms with van der Waals surface area (Å²) >= 11 is 0. The lowest BCUT2D eigenvalue weighted by molar-refractivity contribution is -0.122. The largest absolute Gasteiger partial charge is 0.288 e. The number of fused-ring (bicyclic) bond motifs is 1. The lowest BCUT2D eigenvalue weighted by Crippen LogP contribution is -2.41. The SMILES string of the molecule is O=C1NN2CCCC[C@H]2[C@@H]1c1ccccc1. The first kappa shape index (κ1) is 9.85. The van der Waals surface area contributed by atoms with Gasteiger partial charge in [-0.25, -0.2) is 5.01 Å². The van der Waals surface area contributed by atoms with Crippen LogP contribution >= 0.6 is 0 Å². The minimum Gasteiger partial charge on any atom is -0.288 e. The van der Waals surface area contributed by atoms with Gasteiger partial charge in [0.05, 0.1) is 5.92 Å². The monoisotopic (exact) mass is 216 g/mol. The fraction of sp³-hybridized carbons (Fsp3) is 0.462. The van der Waals surface area contributed by atoms with Crippen molar-refractivity contribution in [1.82, 2.24) is 10.4 Å². The Labute approximate surface area is 95.4 Å². The molecule has 0 saturated carbocycles. The molecule has 0 bridgehead atoms. The number of piperidine rings is 1. The highest BCUT2D eigenvalue weighted by atomic mass is 16.2. The molecule has 0 aliphatic carbocycles. The number of hydrogen-bond donors (Lipinski definition) is 1. The van der Waals surface area contributed by atoms with Gasteiger partial charge in [-0.15, -0.1) is 0 Å². The molecule has 0 aromatic heterocycles. The van der Waals surface area contributed by atoms with Crippen LogP contribution in [0.3, 0.4) is 0 Å². The minimum atomic E-state index is 0.0292. The number of nitrogens with one attached hydrogen (secondary N) is 1. The van der Waals surface area contributed by atoms with Gasteiger partial charge in [0.1, 0.15) is 0 Å². The molecule has 1 amide bonds. The molecule has 2 heterocycles. The number of carbonyl (C=O) groups excluding carboxylic acids is 1. The number of amides is 1. The molecule has 1 N–H and O–H groups in total. The Kier molecular flexibility index (Phi) is 2.40. The van der Waals surface area contributed by atoms with Gasteiger partial charge in [0.25, 0.3) is 0 Å². The van der Waals surface area contributed by atoms with Crippen LogP contribution in [0.1, 0.15) is 30.7 Å². The number of carbonyl (C=O) groups is 1. The maximum absolute atomic E-state index is 12.0. The molecule has 0 radical (unpaired) electrons. The van der Waals surface area contributed by atoms with Crippen LogP contribution in [0.2, 0.25) is 0 Å². The summed E-state index contributed by atoms with van der Waals surface area (Å²) < 4.78 is 0. The van der Waals surface area contributed by atoms with E-state index in [9.17, 15) is 4.79 Å². The Morgan fingerprint density at radius 2 is 2.00 bits per heavy atom. The highest BCUT2D eigenvalue weighted by molar-refractivity contribution is 5.86. The van der Waals surface area contributed by atoms with E-state index in [1.54, 1.807) is 0 Å². The number of rotatable bonds is 1. The van der Waals surface area contributed by atoms with E-state index in [2.05, 4.69) is 22.6 Å². The Morgan fingerprint density at radius 3 is 2.81 bits per heavy atom. The summed E-state index contributed by atoms with van der Waals surface area (Å²) in [5.74, 6) is 0.194. The maximum Gasteiger partial charge on any atom is 0.243 e. The predicted octanol–water partition coefficient (Wildman–Crippen LogP) is 1.67. The minimum absolute atomic E-state index is 0.0292. The molecular weight excluding hydrogens is 200 g/mol. The van der Waals surface area contributed by atoms with Crippen LogP contribution < -0.4 is 5.43 Å². The smallest absolute Gasteiger partial charge is 0.243 e. The molecule has 2 aliphatic rings. The number of nitrogens with zero attached hydrogens (tertiary/aromatic N) is 1. The van der Waals surface area contributed by atoms with E-state index in [4.69, 9.17) is 0 Å². The van der Waals surface area contributed by atoms with Crippen LogP contribution in [-0.4, -0.2) is 23.5 Å². The summed E-state index contributed by atoms with van der Waals surface area (Å²) in [6.45, 7) is 1.000. The molecular formula is C13H16N2O. The summed E-state index contributed by atoms with van der Waals surface area (Å²) in [5, 5.41) is 2.13. The Balaban J connectivity index is 1.91. The van der Waals surface area contributed by atoms with E-state index >= 15 is 0 Å². The third-order valence-electron chi connectivity index (χ3n) is 3.63. The molecule has 0 spiro atoms. The van der Waals surface area contributed by atoms with Crippen LogP contribution in [0.25, 0.3) is 0 Å². The average Bonchev–Trinajstić information content (AvgIpc) is 2.66. The number of hydrazine groups is 1. The molecule has 2 aliphatic heterocycles. The third-order valence-corrected chi connectivity index (χ3v) is 3.63. The van der Waals surface area contributed by atoms with Gasteiger partial charge in [-0.2, -0.15) is 0 Å². The van der Waals surface area contributed by atoms with Crippen LogP contribution in [0.15, 0.2) is 30.3 Å². The van der Waals surface area contributed by atoms with Crippen LogP contribution in [0, 0.1) is 0 Å². The first-order valence-corrected chi connectivity index (χ1v) is 5.98. The second-order valence-corrected chi connectivity index (χ2v) is 4.62. The first-order valence-electron chi connectivity index (χ1n) is 5.98. The van der Waals surface area contributed by atoms with Gasteiger partial charge in [-0.1, -0.05) is 36.8 Å². The molecule has 1 aromatic carbocycles. The van der Waals surface area contributed by atoms with Crippen molar-refractivity contribution in [1.29, 1.82) is 0 Å². The molecule has 16 heavy (non-hydrogen) atoms. The predicted molar refractivity (Wildman–Crippen MR) is 61.7 cm³/mol. The zero-order valence-electron chi connectivity index (χ0n) is 9.23. The first-order chi connectivity index (χ1) is 7.86. The highest BCUT2D eigenvalue weighted by Crippen LogP contribution is 2.33. The standard InChI is InChI=1S/C13H16N2O/c16-13-12(10-6-2-1-3-7-10)11-8-4-5-9-15(11)14-13/h1-3,6-7,11-12H,4-5,8-9H2,(H,14,16)/t11-,12-/m0/s1. The van der Waals surface area contributed by atoms with E-state index in [0.717, 1.165) is 18.5 Å². The average molecular weight is 216 g/mol. The fourth-order valence-corrected chi connectivity index (χ4v) is 2.86. The Bertz CT molecular complexity index is 390. The normalized spacial score (nSPS) is 29.9. The van der Waals surface area contributed by atoms with Crippen LogP contribution in [-0.2, 0) is 4.79 Å². The molecule has 2 atom stereocenters. The quantitative estimate of drug-likeness (QED) is 0.774. The van der Waals surface area contributed by atoms with Crippen molar-refractivity contribution in [2.24, 2.45) is 0 Å². The summed E-state index contributed by atoms with van der Waals surface area (Å²) in [7, 11) is 0. The number of hydrogen-bond acceptors (Lipinski definition) is 2. The van der Waals surface area contributed by atoms with Gasteiger partial charge in [-0.3, -0.25) is 10.2 Å². The van der Waals surface area contributed by atoms with Crippen molar-refractivity contribution in [2.45, 2.75) is 31.2 Å². The van der Waals surface area contributed by atoms with Gasteiger partial charge < -0.3 is 0 Å². The van der Waals surface area contributed by atoms with E-state index in [1.165, 1.54) is 12.8 Å². The third kappa shape index (κ3) is 1.52. The summed E-state index contributed by atoms with van der Waals surface area (Å²) in [6.07, 6.45) is 3.55. The van der Waals surface area contributed by atoms with Crippen LogP contribution in [0.5, 0.6) is 0 Å². The zero-order chi connectivity index (χ0) is 11.0. The second-order valence-electron chi connectivity index (χ2n) is 4.62. The van der Waals surface area contributed by atoms with E-state index in [-0.39, 0.29) is 11.8 Å². The van der Waals surface area contributed by atoms with Crippen molar-refractivity contribution in [3.05, 3.63) is 35.9 Å². The Hall–Kier alpha value is -1.35. The van der Waals surface area contributed by atoms with Crippen molar-refractivity contribution >= 4 is 5.91 Å². The van der Waals surface area contributed by atoms with Crippen molar-refractivity contribution in [3.8, 4) is 0 Å². The van der Waals surface area contributed by atoms with Crippen molar-refractivity contribution in [2.75, 3.05) is 6.54 Å². The Morgan fingerprint density at radius 1 is 1.19 bits per heavy atom. The van der Waals surface area contributed by atoms with Crippen molar-refractivity contribution in [3.63, 3.8) is 0 Å². The fourth-order valence-electron chi connectivity index (χ4n) is 2.86. The molecule has 2 saturated heterocycles. The van der Waals surface area contributed by atoms with E-state index in [1.807, 2.05) is 18.2 Å². The summed E-state index contributed by atoms with van der Waals surface area (Å²) in [4.78, 5) is 12.0. The number of benzene rings is 1. The van der Waals surface area contributed by atoms with Gasteiger partial charge in [0.2, 0.25) is 5.91 Å². The molecule has 2 fully saturated rings. The summed E-state index contributed by atoms with van der Waals surface area (Å²) in [5.41, 5.74) is 4.15. The zero-order valence-corrected chi connectivity index (χ0v) is 9.23. The highest BCUT2D eigenvalue weighted by Gasteiger charge is 2.42. The van der Waals surface area contributed by atoms with E-state index in [0.29, 0.717) is 6.04 Å². The molecule has 0 unspecified atom stereocenters.